The van der Waals surface area contributed by atoms with Gasteiger partial charge in [-0.05, 0) is 67.1 Å². The Bertz CT molecular complexity index is 1940. The molecule has 4 aromatic carbocycles. The molecule has 0 bridgehead atoms. The summed E-state index contributed by atoms with van der Waals surface area (Å²) in [5, 5.41) is 9.02. The summed E-state index contributed by atoms with van der Waals surface area (Å²) in [6.45, 7) is 4.46. The van der Waals surface area contributed by atoms with E-state index in [1.807, 2.05) is 30.3 Å². The maximum atomic E-state index is 13.3. The zero-order valence-electron chi connectivity index (χ0n) is 29.8. The van der Waals surface area contributed by atoms with Gasteiger partial charge in [-0.1, -0.05) is 61.0 Å². The number of nitrogens with zero attached hydrogens (tertiary/aromatic N) is 1. The van der Waals surface area contributed by atoms with Gasteiger partial charge in [-0.15, -0.1) is 0 Å². The minimum Gasteiger partial charge on any atom is -0.496 e. The quantitative estimate of drug-likeness (QED) is 0.0944. The first kappa shape index (κ1) is 36.1. The van der Waals surface area contributed by atoms with Gasteiger partial charge in [0.05, 0.1) is 30.9 Å². The molecule has 0 aromatic heterocycles. The van der Waals surface area contributed by atoms with Crippen molar-refractivity contribution in [2.75, 3.05) is 32.6 Å². The molecule has 2 aliphatic heterocycles. The molecule has 11 nitrogen and oxygen atoms in total. The number of methoxy groups -OCH3 is 2. The molecule has 6 rings (SSSR count). The lowest BCUT2D eigenvalue weighted by Gasteiger charge is -2.27. The third-order valence-electron chi connectivity index (χ3n) is 9.62. The molecule has 1 unspecified atom stereocenters. The monoisotopic (exact) mass is 704 g/mol. The van der Waals surface area contributed by atoms with Crippen LogP contribution < -0.4 is 30.2 Å². The van der Waals surface area contributed by atoms with Crippen molar-refractivity contribution in [3.8, 4) is 28.4 Å². The molecule has 52 heavy (non-hydrogen) atoms. The normalized spacial score (nSPS) is 15.4. The highest BCUT2D eigenvalue weighted by Gasteiger charge is 2.45. The van der Waals surface area contributed by atoms with E-state index in [4.69, 9.17) is 14.2 Å². The number of unbranched alkanes of at least 4 members (excludes halogenated alkanes) is 2. The van der Waals surface area contributed by atoms with Crippen LogP contribution in [0.5, 0.6) is 17.2 Å². The molecule has 270 valence electrons. The smallest absolute Gasteiger partial charge is 0.264 e. The summed E-state index contributed by atoms with van der Waals surface area (Å²) < 4.78 is 17.7. The fourth-order valence-corrected chi connectivity index (χ4v) is 6.80. The van der Waals surface area contributed by atoms with Crippen molar-refractivity contribution in [3.63, 3.8) is 0 Å². The second-order valence-electron chi connectivity index (χ2n) is 12.9. The van der Waals surface area contributed by atoms with E-state index in [-0.39, 0.29) is 24.0 Å². The molecular formula is C41H44N4O7. The standard InChI is InChI=1S/C41H44N4O7/c1-26-28(14-10-15-30(26)27-12-6-4-7-13-27)25-52-29-22-35(50-2)32(36(23-29)51-3)24-42-20-8-5-9-21-43-33-17-11-16-31-38(33)41(49)45(40(31)48)34-18-19-37(46)44-39(34)47/h4,6-7,10-17,22-23,34,42-43H,5,8-9,18-21,24-25H2,1-3H3,(H,44,46,47). The van der Waals surface area contributed by atoms with Crippen LogP contribution in [-0.2, 0) is 22.7 Å². The van der Waals surface area contributed by atoms with Crippen LogP contribution in [0.2, 0.25) is 0 Å². The van der Waals surface area contributed by atoms with Gasteiger partial charge in [0.1, 0.15) is 29.9 Å². The molecule has 2 aliphatic rings. The van der Waals surface area contributed by atoms with Crippen LogP contribution in [0.1, 0.15) is 69.5 Å². The summed E-state index contributed by atoms with van der Waals surface area (Å²) in [4.78, 5) is 51.4. The van der Waals surface area contributed by atoms with Gasteiger partial charge in [0.15, 0.2) is 0 Å². The first-order valence-electron chi connectivity index (χ1n) is 17.6. The van der Waals surface area contributed by atoms with Crippen molar-refractivity contribution >= 4 is 29.3 Å². The third-order valence-corrected chi connectivity index (χ3v) is 9.62. The lowest BCUT2D eigenvalue weighted by Crippen LogP contribution is -2.54. The molecule has 4 amide bonds. The van der Waals surface area contributed by atoms with Gasteiger partial charge in [0, 0.05) is 37.3 Å². The number of benzene rings is 4. The van der Waals surface area contributed by atoms with Gasteiger partial charge < -0.3 is 24.8 Å². The Balaban J connectivity index is 0.969. The highest BCUT2D eigenvalue weighted by Crippen LogP contribution is 2.35. The van der Waals surface area contributed by atoms with E-state index < -0.39 is 29.7 Å². The van der Waals surface area contributed by atoms with Crippen LogP contribution in [0.3, 0.4) is 0 Å². The molecule has 1 fully saturated rings. The topological polar surface area (TPSA) is 135 Å². The number of hydrogen-bond acceptors (Lipinski definition) is 9. The van der Waals surface area contributed by atoms with Crippen LogP contribution in [0.25, 0.3) is 11.1 Å². The average molecular weight is 705 g/mol. The van der Waals surface area contributed by atoms with Crippen molar-refractivity contribution in [1.82, 2.24) is 15.5 Å². The number of anilines is 1. The zero-order chi connectivity index (χ0) is 36.6. The Morgan fingerprint density at radius 2 is 1.52 bits per heavy atom. The molecule has 1 saturated heterocycles. The van der Waals surface area contributed by atoms with E-state index in [1.165, 1.54) is 16.7 Å². The molecule has 11 heteroatoms. The van der Waals surface area contributed by atoms with Crippen molar-refractivity contribution < 1.29 is 33.4 Å². The number of carbonyl (C=O) groups is 4. The van der Waals surface area contributed by atoms with Gasteiger partial charge in [-0.2, -0.15) is 0 Å². The van der Waals surface area contributed by atoms with E-state index >= 15 is 0 Å². The number of amides is 4. The summed E-state index contributed by atoms with van der Waals surface area (Å²) >= 11 is 0. The number of nitrogens with one attached hydrogen (secondary N) is 3. The van der Waals surface area contributed by atoms with E-state index in [9.17, 15) is 19.2 Å². The lowest BCUT2D eigenvalue weighted by molar-refractivity contribution is -0.136. The highest BCUT2D eigenvalue weighted by molar-refractivity contribution is 6.25. The van der Waals surface area contributed by atoms with Crippen LogP contribution in [0, 0.1) is 6.92 Å². The molecule has 0 aliphatic carbocycles. The maximum Gasteiger partial charge on any atom is 0.264 e. The Morgan fingerprint density at radius 1 is 0.808 bits per heavy atom. The van der Waals surface area contributed by atoms with E-state index in [0.29, 0.717) is 42.6 Å². The Kier molecular flexibility index (Phi) is 11.5. The Labute approximate surface area is 303 Å². The summed E-state index contributed by atoms with van der Waals surface area (Å²) in [6, 6.07) is 24.5. The molecule has 3 N–H and O–H groups in total. The summed E-state index contributed by atoms with van der Waals surface area (Å²) in [6.07, 6.45) is 2.89. The average Bonchev–Trinajstić information content (AvgIpc) is 3.41. The molecule has 0 radical (unpaired) electrons. The predicted octanol–water partition coefficient (Wildman–Crippen LogP) is 6.03. The predicted molar refractivity (Wildman–Crippen MR) is 198 cm³/mol. The van der Waals surface area contributed by atoms with Gasteiger partial charge in [-0.25, -0.2) is 0 Å². The maximum absolute atomic E-state index is 13.3. The minimum absolute atomic E-state index is 0.0812. The molecule has 0 saturated carbocycles. The number of imide groups is 2. The van der Waals surface area contributed by atoms with Crippen LogP contribution >= 0.6 is 0 Å². The Morgan fingerprint density at radius 3 is 2.25 bits per heavy atom. The van der Waals surface area contributed by atoms with Crippen LogP contribution in [0.4, 0.5) is 5.69 Å². The molecule has 0 spiro atoms. The highest BCUT2D eigenvalue weighted by atomic mass is 16.5. The number of carbonyl (C=O) groups excluding carboxylic acids is 4. The second kappa shape index (κ2) is 16.6. The summed E-state index contributed by atoms with van der Waals surface area (Å²) in [5.41, 5.74) is 6.64. The van der Waals surface area contributed by atoms with E-state index in [2.05, 4.69) is 53.2 Å². The fraction of sp³-hybridized carbons (Fsp3) is 0.317. The van der Waals surface area contributed by atoms with Gasteiger partial charge in [0.2, 0.25) is 11.8 Å². The summed E-state index contributed by atoms with van der Waals surface area (Å²) in [7, 11) is 3.28. The minimum atomic E-state index is -0.991. The third kappa shape index (κ3) is 7.79. The largest absolute Gasteiger partial charge is 0.496 e. The molecule has 4 aromatic rings. The van der Waals surface area contributed by atoms with Crippen molar-refractivity contribution in [2.24, 2.45) is 0 Å². The van der Waals surface area contributed by atoms with Crippen molar-refractivity contribution in [3.05, 3.63) is 107 Å². The van der Waals surface area contributed by atoms with Gasteiger partial charge in [0.25, 0.3) is 11.8 Å². The number of piperidine rings is 1. The van der Waals surface area contributed by atoms with Gasteiger partial charge >= 0.3 is 0 Å². The van der Waals surface area contributed by atoms with Crippen LogP contribution in [-0.4, -0.2) is 61.9 Å². The van der Waals surface area contributed by atoms with Crippen molar-refractivity contribution in [1.29, 1.82) is 0 Å². The number of hydrogen-bond donors (Lipinski definition) is 3. The number of rotatable bonds is 16. The lowest BCUT2D eigenvalue weighted by atomic mass is 9.97. The van der Waals surface area contributed by atoms with Crippen molar-refractivity contribution in [2.45, 2.75) is 58.2 Å². The zero-order valence-corrected chi connectivity index (χ0v) is 29.8. The SMILES string of the molecule is COc1cc(OCc2cccc(-c3ccccc3)c2C)cc(OC)c1CNCCCCCNc1cccc2c1C(=O)N(C1CCC(=O)NC1=O)C2=O. The van der Waals surface area contributed by atoms with E-state index in [0.717, 1.165) is 41.8 Å². The number of ether oxygens (including phenoxy) is 3. The fourth-order valence-electron chi connectivity index (χ4n) is 6.80. The first-order valence-corrected chi connectivity index (χ1v) is 17.6. The van der Waals surface area contributed by atoms with Crippen LogP contribution in [0.15, 0.2) is 78.9 Å². The Hall–Kier alpha value is -5.68. The number of fused-ring (bicyclic) bond motifs is 1. The molecular weight excluding hydrogens is 660 g/mol. The van der Waals surface area contributed by atoms with E-state index in [1.54, 1.807) is 32.4 Å². The molecule has 1 atom stereocenters. The second-order valence-corrected chi connectivity index (χ2v) is 12.9. The first-order chi connectivity index (χ1) is 25.3. The summed E-state index contributed by atoms with van der Waals surface area (Å²) in [5.74, 6) is -0.0321. The van der Waals surface area contributed by atoms with Gasteiger partial charge in [-0.3, -0.25) is 29.4 Å². The molecule has 2 heterocycles.